The Bertz CT molecular complexity index is 190. The molecule has 0 heterocycles. The molecule has 0 bridgehead atoms. The van der Waals surface area contributed by atoms with Crippen molar-refractivity contribution in [2.45, 2.75) is 45.1 Å². The predicted molar refractivity (Wildman–Crippen MR) is 57.9 cm³/mol. The molecule has 82 valence electrons. The number of nitrogens with two attached hydrogens (primary N) is 1. The molecule has 1 fully saturated rings. The Kier molecular flexibility index (Phi) is 4.39. The fourth-order valence-electron chi connectivity index (χ4n) is 1.57. The number of nitrogens with zero attached hydrogens (tertiary/aromatic N) is 1. The van der Waals surface area contributed by atoms with Crippen LogP contribution in [-0.4, -0.2) is 30.4 Å². The minimum Gasteiger partial charge on any atom is -0.346 e. The normalized spacial score (nSPS) is 17.9. The fraction of sp³-hybridized carbons (Fsp3) is 0.909. The molecule has 1 aliphatic rings. The minimum absolute atomic E-state index is 0.103. The molecule has 3 nitrogen and oxygen atoms in total. The largest absolute Gasteiger partial charge is 0.346 e. The summed E-state index contributed by atoms with van der Waals surface area (Å²) < 4.78 is 0. The van der Waals surface area contributed by atoms with Gasteiger partial charge in [0.25, 0.3) is 0 Å². The minimum atomic E-state index is 0.103. The second-order valence-electron chi connectivity index (χ2n) is 4.37. The van der Waals surface area contributed by atoms with Crippen LogP contribution in [0.3, 0.4) is 0 Å². The molecule has 0 spiro atoms. The van der Waals surface area contributed by atoms with Crippen LogP contribution in [0, 0.1) is 5.92 Å². The van der Waals surface area contributed by atoms with Crippen LogP contribution in [0.25, 0.3) is 0 Å². The zero-order valence-electron chi connectivity index (χ0n) is 9.33. The first-order chi connectivity index (χ1) is 6.65. The molecule has 1 saturated carbocycles. The van der Waals surface area contributed by atoms with E-state index in [1.54, 1.807) is 0 Å². The van der Waals surface area contributed by atoms with Crippen molar-refractivity contribution in [2.24, 2.45) is 11.7 Å². The van der Waals surface area contributed by atoms with Gasteiger partial charge in [-0.3, -0.25) is 4.79 Å². The molecule has 0 aliphatic heterocycles. The third kappa shape index (κ3) is 3.66. The van der Waals surface area contributed by atoms with Gasteiger partial charge < -0.3 is 10.6 Å². The lowest BCUT2D eigenvalue weighted by atomic mass is 10.1. The lowest BCUT2D eigenvalue weighted by Gasteiger charge is -2.19. The van der Waals surface area contributed by atoms with Gasteiger partial charge in [0.15, 0.2) is 0 Å². The molecule has 0 aromatic heterocycles. The Morgan fingerprint density at radius 1 is 1.57 bits per heavy atom. The highest BCUT2D eigenvalue weighted by atomic mass is 16.2. The van der Waals surface area contributed by atoms with Gasteiger partial charge >= 0.3 is 0 Å². The Morgan fingerprint density at radius 2 is 2.21 bits per heavy atom. The molecule has 3 heteroatoms. The number of rotatable bonds is 6. The number of amides is 1. The Balaban J connectivity index is 2.18. The molecule has 1 unspecified atom stereocenters. The molecule has 1 rings (SSSR count). The SMILES string of the molecule is CCCCN(C)C(=O)CC(N)C1CC1. The first-order valence-electron chi connectivity index (χ1n) is 5.64. The lowest BCUT2D eigenvalue weighted by molar-refractivity contribution is -0.130. The highest BCUT2D eigenvalue weighted by Gasteiger charge is 2.30. The molecule has 1 aliphatic carbocycles. The summed E-state index contributed by atoms with van der Waals surface area (Å²) in [5, 5.41) is 0. The van der Waals surface area contributed by atoms with Gasteiger partial charge in [-0.15, -0.1) is 0 Å². The van der Waals surface area contributed by atoms with E-state index in [2.05, 4.69) is 6.92 Å². The van der Waals surface area contributed by atoms with Gasteiger partial charge in [-0.2, -0.15) is 0 Å². The van der Waals surface area contributed by atoms with E-state index in [0.717, 1.165) is 19.4 Å². The highest BCUT2D eigenvalue weighted by molar-refractivity contribution is 5.76. The van der Waals surface area contributed by atoms with E-state index < -0.39 is 0 Å². The van der Waals surface area contributed by atoms with Gasteiger partial charge in [0.05, 0.1) is 0 Å². The predicted octanol–water partition coefficient (Wildman–Crippen LogP) is 1.37. The molecule has 1 amide bonds. The summed E-state index contributed by atoms with van der Waals surface area (Å²) in [6.45, 7) is 3.00. The highest BCUT2D eigenvalue weighted by Crippen LogP contribution is 2.32. The smallest absolute Gasteiger partial charge is 0.223 e. The number of unbranched alkanes of at least 4 members (excludes halogenated alkanes) is 1. The van der Waals surface area contributed by atoms with Gasteiger partial charge in [0, 0.05) is 26.1 Å². The third-order valence-corrected chi connectivity index (χ3v) is 2.91. The van der Waals surface area contributed by atoms with E-state index in [-0.39, 0.29) is 11.9 Å². The van der Waals surface area contributed by atoms with Crippen LogP contribution in [0.4, 0.5) is 0 Å². The molecule has 0 radical (unpaired) electrons. The molecule has 2 N–H and O–H groups in total. The van der Waals surface area contributed by atoms with Crippen LogP contribution < -0.4 is 5.73 Å². The average molecular weight is 198 g/mol. The summed E-state index contributed by atoms with van der Waals surface area (Å²) >= 11 is 0. The van der Waals surface area contributed by atoms with Gasteiger partial charge in [-0.25, -0.2) is 0 Å². The maximum Gasteiger partial charge on any atom is 0.223 e. The number of carbonyl (C=O) groups excluding carboxylic acids is 1. The second kappa shape index (κ2) is 5.35. The van der Waals surface area contributed by atoms with Gasteiger partial charge in [-0.05, 0) is 25.2 Å². The van der Waals surface area contributed by atoms with Crippen LogP contribution >= 0.6 is 0 Å². The molecule has 14 heavy (non-hydrogen) atoms. The molecule has 0 aromatic rings. The van der Waals surface area contributed by atoms with Crippen LogP contribution in [-0.2, 0) is 4.79 Å². The van der Waals surface area contributed by atoms with Crippen molar-refractivity contribution >= 4 is 5.91 Å². The van der Waals surface area contributed by atoms with Crippen molar-refractivity contribution in [1.29, 1.82) is 0 Å². The van der Waals surface area contributed by atoms with Crippen molar-refractivity contribution in [3.05, 3.63) is 0 Å². The third-order valence-electron chi connectivity index (χ3n) is 2.91. The average Bonchev–Trinajstić information content (AvgIpc) is 2.96. The topological polar surface area (TPSA) is 46.3 Å². The number of hydrogen-bond acceptors (Lipinski definition) is 2. The van der Waals surface area contributed by atoms with Crippen molar-refractivity contribution in [3.8, 4) is 0 Å². The van der Waals surface area contributed by atoms with Crippen LogP contribution in [0.2, 0.25) is 0 Å². The maximum atomic E-state index is 11.6. The van der Waals surface area contributed by atoms with E-state index in [9.17, 15) is 4.79 Å². The Labute approximate surface area is 86.6 Å². The zero-order valence-corrected chi connectivity index (χ0v) is 9.33. The maximum absolute atomic E-state index is 11.6. The molecule has 0 saturated heterocycles. The lowest BCUT2D eigenvalue weighted by Crippen LogP contribution is -2.34. The summed E-state index contributed by atoms with van der Waals surface area (Å²) in [4.78, 5) is 13.4. The van der Waals surface area contributed by atoms with Crippen molar-refractivity contribution in [2.75, 3.05) is 13.6 Å². The summed E-state index contributed by atoms with van der Waals surface area (Å²) in [7, 11) is 1.87. The molecular formula is C11H22N2O. The van der Waals surface area contributed by atoms with Crippen LogP contribution in [0.1, 0.15) is 39.0 Å². The van der Waals surface area contributed by atoms with Crippen LogP contribution in [0.5, 0.6) is 0 Å². The Hall–Kier alpha value is -0.570. The van der Waals surface area contributed by atoms with Crippen LogP contribution in [0.15, 0.2) is 0 Å². The molecule has 1 atom stereocenters. The first-order valence-corrected chi connectivity index (χ1v) is 5.64. The summed E-state index contributed by atoms with van der Waals surface area (Å²) in [5.74, 6) is 0.830. The number of carbonyl (C=O) groups is 1. The van der Waals surface area contributed by atoms with Gasteiger partial charge in [0.2, 0.25) is 5.91 Å². The number of hydrogen-bond donors (Lipinski definition) is 1. The zero-order chi connectivity index (χ0) is 10.6. The van der Waals surface area contributed by atoms with Gasteiger partial charge in [-0.1, -0.05) is 13.3 Å². The second-order valence-corrected chi connectivity index (χ2v) is 4.37. The van der Waals surface area contributed by atoms with E-state index in [1.165, 1.54) is 12.8 Å². The first kappa shape index (κ1) is 11.5. The quantitative estimate of drug-likeness (QED) is 0.700. The fourth-order valence-corrected chi connectivity index (χ4v) is 1.57. The van der Waals surface area contributed by atoms with Crippen molar-refractivity contribution < 1.29 is 4.79 Å². The van der Waals surface area contributed by atoms with E-state index in [4.69, 9.17) is 5.73 Å². The standard InChI is InChI=1S/C11H22N2O/c1-3-4-7-13(2)11(14)8-10(12)9-5-6-9/h9-10H,3-8,12H2,1-2H3. The van der Waals surface area contributed by atoms with Gasteiger partial charge in [0.1, 0.15) is 0 Å². The van der Waals surface area contributed by atoms with E-state index >= 15 is 0 Å². The van der Waals surface area contributed by atoms with Crippen molar-refractivity contribution in [1.82, 2.24) is 4.90 Å². The summed E-state index contributed by atoms with van der Waals surface area (Å²) in [5.41, 5.74) is 5.90. The molecule has 0 aromatic carbocycles. The Morgan fingerprint density at radius 3 is 2.71 bits per heavy atom. The van der Waals surface area contributed by atoms with E-state index in [0.29, 0.717) is 12.3 Å². The summed E-state index contributed by atoms with van der Waals surface area (Å²) in [6, 6.07) is 0.103. The van der Waals surface area contributed by atoms with E-state index in [1.807, 2.05) is 11.9 Å². The molecular weight excluding hydrogens is 176 g/mol. The van der Waals surface area contributed by atoms with Crippen molar-refractivity contribution in [3.63, 3.8) is 0 Å². The monoisotopic (exact) mass is 198 g/mol. The summed E-state index contributed by atoms with van der Waals surface area (Å²) in [6.07, 6.45) is 5.18.